The van der Waals surface area contributed by atoms with E-state index in [0.717, 1.165) is 25.9 Å². The van der Waals surface area contributed by atoms with Crippen LogP contribution in [0, 0.1) is 56.7 Å². The van der Waals surface area contributed by atoms with E-state index in [1.807, 2.05) is 0 Å². The van der Waals surface area contributed by atoms with Gasteiger partial charge in [-0.1, -0.05) is 58.9 Å². The van der Waals surface area contributed by atoms with Crippen molar-refractivity contribution < 1.29 is 23.1 Å². The van der Waals surface area contributed by atoms with Crippen LogP contribution in [0.2, 0.25) is 0 Å². The third-order valence-corrected chi connectivity index (χ3v) is 20.2. The summed E-state index contributed by atoms with van der Waals surface area (Å²) in [5.41, 5.74) is 4.16. The summed E-state index contributed by atoms with van der Waals surface area (Å²) in [6, 6.07) is 3.58. The fraction of sp³-hybridized carbons (Fsp3) is 0.750. The van der Waals surface area contributed by atoms with Crippen LogP contribution in [0.3, 0.4) is 0 Å². The molecule has 7 aliphatic rings. The molecule has 0 amide bonds. The van der Waals surface area contributed by atoms with Gasteiger partial charge in [-0.25, -0.2) is 8.42 Å². The third kappa shape index (κ3) is 6.71. The van der Waals surface area contributed by atoms with Crippen molar-refractivity contribution in [2.75, 3.05) is 44.3 Å². The van der Waals surface area contributed by atoms with Crippen LogP contribution in [0.5, 0.6) is 5.75 Å². The number of fused-ring (bicyclic) bond motifs is 7. The molecule has 2 unspecified atom stereocenters. The Morgan fingerprint density at radius 1 is 0.930 bits per heavy atom. The first-order valence-corrected chi connectivity index (χ1v) is 24.2. The van der Waals surface area contributed by atoms with Gasteiger partial charge in [-0.15, -0.1) is 0 Å². The molecule has 8 rings (SSSR count). The van der Waals surface area contributed by atoms with Crippen LogP contribution in [0.1, 0.15) is 119 Å². The summed E-state index contributed by atoms with van der Waals surface area (Å²) in [4.78, 5) is 19.1. The Balaban J connectivity index is 1.01. The number of sulfone groups is 1. The number of aliphatic carboxylic acids is 1. The van der Waals surface area contributed by atoms with Crippen molar-refractivity contribution in [1.82, 2.24) is 15.2 Å². The van der Waals surface area contributed by atoms with Crippen LogP contribution in [0.15, 0.2) is 60.0 Å². The molecule has 314 valence electrons. The highest BCUT2D eigenvalue weighted by Gasteiger charge is 2.70. The molecule has 0 aromatic carbocycles. The van der Waals surface area contributed by atoms with E-state index >= 15 is 0 Å². The van der Waals surface area contributed by atoms with Crippen molar-refractivity contribution in [3.8, 4) is 5.75 Å². The first kappa shape index (κ1) is 41.3. The number of carboxylic acids is 1. The maximum absolute atomic E-state index is 12.7. The fourth-order valence-corrected chi connectivity index (χ4v) is 16.5. The molecule has 2 heterocycles. The molecule has 0 radical (unpaired) electrons. The maximum atomic E-state index is 12.7. The number of hydrogen-bond donors (Lipinski definition) is 2. The fourth-order valence-electron chi connectivity index (χ4n) is 15.2. The third-order valence-electron chi connectivity index (χ3n) is 18.6. The predicted molar refractivity (Wildman–Crippen MR) is 228 cm³/mol. The summed E-state index contributed by atoms with van der Waals surface area (Å²) < 4.78 is 30.2. The average Bonchev–Trinajstić information content (AvgIpc) is 3.55. The maximum Gasteiger partial charge on any atom is 0.313 e. The molecule has 9 heteroatoms. The van der Waals surface area contributed by atoms with Gasteiger partial charge in [0.05, 0.1) is 11.5 Å². The highest BCUT2D eigenvalue weighted by atomic mass is 32.2. The summed E-state index contributed by atoms with van der Waals surface area (Å²) >= 11 is 0. The highest BCUT2D eigenvalue weighted by molar-refractivity contribution is 7.91. The number of nitrogens with zero attached hydrogens (tertiary/aromatic N) is 2. The number of ether oxygens (including phenoxy) is 1. The lowest BCUT2D eigenvalue weighted by Gasteiger charge is -2.72. The zero-order valence-corrected chi connectivity index (χ0v) is 36.7. The summed E-state index contributed by atoms with van der Waals surface area (Å²) in [5, 5.41) is 14.7. The molecule has 1 aliphatic heterocycles. The smallest absolute Gasteiger partial charge is 0.313 e. The van der Waals surface area contributed by atoms with Crippen LogP contribution < -0.4 is 10.1 Å². The number of pyridine rings is 1. The topological polar surface area (TPSA) is 109 Å². The molecule has 10 atom stereocenters. The number of rotatable bonds is 10. The SMILES string of the molecule is C=C(C)[C@@H]1CCC2(NCCN3CCS(=O)(=O)CC3)CC[C@]3(C)[C@H](CC[C@@H]4[C@@]5(C)CC=C(C6=CCC(COc7ccncc7)(C(=O)O)CC6)C(C)(C)[C@@H]5CC[C@]43C)[C@@H]12. The molecule has 57 heavy (non-hydrogen) atoms. The van der Waals surface area contributed by atoms with Crippen LogP contribution in [0.4, 0.5) is 0 Å². The summed E-state index contributed by atoms with van der Waals surface area (Å²) in [7, 11) is -2.87. The van der Waals surface area contributed by atoms with E-state index in [0.29, 0.717) is 72.8 Å². The molecular formula is C48H71N3O5S. The van der Waals surface area contributed by atoms with Gasteiger partial charge in [0, 0.05) is 44.1 Å². The lowest BCUT2D eigenvalue weighted by atomic mass is 9.33. The number of hydrogen-bond acceptors (Lipinski definition) is 7. The monoisotopic (exact) mass is 802 g/mol. The van der Waals surface area contributed by atoms with Gasteiger partial charge >= 0.3 is 5.97 Å². The van der Waals surface area contributed by atoms with E-state index in [4.69, 9.17) is 4.74 Å². The Morgan fingerprint density at radius 2 is 1.67 bits per heavy atom. The van der Waals surface area contributed by atoms with Gasteiger partial charge < -0.3 is 20.1 Å². The predicted octanol–water partition coefficient (Wildman–Crippen LogP) is 8.91. The number of nitrogens with one attached hydrogen (secondary N) is 1. The lowest BCUT2D eigenvalue weighted by molar-refractivity contribution is -0.221. The molecule has 1 aromatic heterocycles. The zero-order valence-electron chi connectivity index (χ0n) is 35.9. The molecule has 4 saturated carbocycles. The quantitative estimate of drug-likeness (QED) is 0.226. The molecule has 6 aliphatic carbocycles. The molecule has 8 nitrogen and oxygen atoms in total. The standard InChI is InChI=1S/C48H71N3O5S/c1-33(2)36-12-21-48(50-26-27-51-28-30-57(54,55)31-29-51)23-22-45(6)38(41(36)48)8-9-40-44(5)17-13-37(43(3,4)39(44)14-18-46(40,45)7)34-10-19-47(20-11-34,42(52)53)32-56-35-15-24-49-25-16-35/h10,13,15-16,24-25,36,38-41,50H,1,8-9,11-12,14,17-23,26-32H2,2-7H3,(H,52,53)/t36-,38+,39-,40+,41+,44-,45+,46+,47?,48?/m0/s1. The van der Waals surface area contributed by atoms with Crippen molar-refractivity contribution in [2.24, 2.45) is 56.7 Å². The number of aromatic nitrogens is 1. The van der Waals surface area contributed by atoms with E-state index in [1.54, 1.807) is 24.5 Å². The number of carboxylic acid groups (broad SMARTS) is 1. The van der Waals surface area contributed by atoms with E-state index in [1.165, 1.54) is 68.1 Å². The largest absolute Gasteiger partial charge is 0.492 e. The van der Waals surface area contributed by atoms with E-state index in [9.17, 15) is 18.3 Å². The Morgan fingerprint density at radius 3 is 2.33 bits per heavy atom. The van der Waals surface area contributed by atoms with Gasteiger partial charge in [-0.2, -0.15) is 0 Å². The minimum atomic E-state index is -2.87. The highest BCUT2D eigenvalue weighted by Crippen LogP contribution is 2.76. The second kappa shape index (κ2) is 14.6. The normalized spacial score (nSPS) is 42.3. The Hall–Kier alpha value is -2.49. The molecule has 5 fully saturated rings. The minimum absolute atomic E-state index is 0.00929. The van der Waals surface area contributed by atoms with Gasteiger partial charge in [0.1, 0.15) is 17.8 Å². The Labute approximate surface area is 343 Å². The minimum Gasteiger partial charge on any atom is -0.492 e. The first-order chi connectivity index (χ1) is 26.9. The van der Waals surface area contributed by atoms with Gasteiger partial charge in [0.15, 0.2) is 9.84 Å². The average molecular weight is 802 g/mol. The van der Waals surface area contributed by atoms with Gasteiger partial charge in [-0.05, 0) is 159 Å². The van der Waals surface area contributed by atoms with Crippen molar-refractivity contribution in [3.05, 3.63) is 60.0 Å². The molecule has 0 spiro atoms. The first-order valence-electron chi connectivity index (χ1n) is 22.4. The zero-order chi connectivity index (χ0) is 40.6. The Kier molecular flexibility index (Phi) is 10.6. The van der Waals surface area contributed by atoms with Crippen LogP contribution in [-0.4, -0.2) is 79.2 Å². The summed E-state index contributed by atoms with van der Waals surface area (Å²) in [6.07, 6.45) is 21.2. The van der Waals surface area contributed by atoms with Crippen molar-refractivity contribution >= 4 is 15.8 Å². The van der Waals surface area contributed by atoms with E-state index in [-0.39, 0.29) is 33.8 Å². The van der Waals surface area contributed by atoms with Crippen LogP contribution in [-0.2, 0) is 14.6 Å². The van der Waals surface area contributed by atoms with Crippen molar-refractivity contribution in [2.45, 2.75) is 124 Å². The van der Waals surface area contributed by atoms with E-state index in [2.05, 4.69) is 75.5 Å². The summed E-state index contributed by atoms with van der Waals surface area (Å²) in [6.45, 7) is 23.3. The molecule has 1 saturated heterocycles. The molecule has 1 aromatic rings. The molecule has 2 N–H and O–H groups in total. The number of allylic oxidation sites excluding steroid dienone is 5. The second-order valence-corrected chi connectivity index (χ2v) is 23.6. The van der Waals surface area contributed by atoms with Crippen molar-refractivity contribution in [3.63, 3.8) is 0 Å². The van der Waals surface area contributed by atoms with Gasteiger partial charge in [-0.3, -0.25) is 9.78 Å². The number of carbonyl (C=O) groups is 1. The van der Waals surface area contributed by atoms with Crippen LogP contribution in [0.25, 0.3) is 0 Å². The molecule has 0 bridgehead atoms. The van der Waals surface area contributed by atoms with Crippen molar-refractivity contribution in [1.29, 1.82) is 0 Å². The van der Waals surface area contributed by atoms with Gasteiger partial charge in [0.25, 0.3) is 0 Å². The molecular weight excluding hydrogens is 731 g/mol. The van der Waals surface area contributed by atoms with Crippen LogP contribution >= 0.6 is 0 Å². The van der Waals surface area contributed by atoms with Gasteiger partial charge in [0.2, 0.25) is 0 Å². The van der Waals surface area contributed by atoms with E-state index < -0.39 is 21.2 Å². The second-order valence-electron chi connectivity index (χ2n) is 21.3. The lowest BCUT2D eigenvalue weighted by Crippen LogP contribution is -2.68. The summed E-state index contributed by atoms with van der Waals surface area (Å²) in [5.74, 6) is 3.53. The Bertz CT molecular complexity index is 1900.